The molecule has 0 saturated carbocycles. The minimum absolute atomic E-state index is 0.283. The van der Waals surface area contributed by atoms with Crippen molar-refractivity contribution in [3.63, 3.8) is 0 Å². The standard InChI is InChI=1S/C23H28N4O2/c24-23(29)19-5-3-17(4-6-19)20-7-8-21(25-15-20)18-9-13-26(14-10-18)16-22(28)27-11-1-2-12-27/h3-8,15,18H,1-2,9-14,16H2,(H2,24,29). The van der Waals surface area contributed by atoms with Crippen LogP contribution in [-0.2, 0) is 4.79 Å². The molecule has 2 saturated heterocycles. The first kappa shape index (κ1) is 19.6. The second-order valence-electron chi connectivity index (χ2n) is 8.05. The molecule has 4 rings (SSSR count). The van der Waals surface area contributed by atoms with Gasteiger partial charge >= 0.3 is 0 Å². The number of primary amides is 1. The number of pyridine rings is 1. The summed E-state index contributed by atoms with van der Waals surface area (Å²) in [5.41, 5.74) is 8.97. The fourth-order valence-electron chi connectivity index (χ4n) is 4.29. The van der Waals surface area contributed by atoms with Crippen molar-refractivity contribution in [1.29, 1.82) is 0 Å². The van der Waals surface area contributed by atoms with Crippen molar-refractivity contribution in [2.45, 2.75) is 31.6 Å². The van der Waals surface area contributed by atoms with Crippen LogP contribution in [0.2, 0.25) is 0 Å². The van der Waals surface area contributed by atoms with Crippen molar-refractivity contribution in [1.82, 2.24) is 14.8 Å². The molecule has 0 unspecified atom stereocenters. The Morgan fingerprint density at radius 1 is 0.931 bits per heavy atom. The van der Waals surface area contributed by atoms with Gasteiger partial charge < -0.3 is 10.6 Å². The third-order valence-electron chi connectivity index (χ3n) is 6.11. The number of nitrogens with zero attached hydrogens (tertiary/aromatic N) is 3. The Morgan fingerprint density at radius 3 is 2.17 bits per heavy atom. The molecule has 2 N–H and O–H groups in total. The summed E-state index contributed by atoms with van der Waals surface area (Å²) in [7, 11) is 0. The Labute approximate surface area is 171 Å². The van der Waals surface area contributed by atoms with Crippen LogP contribution < -0.4 is 5.73 Å². The molecule has 2 amide bonds. The maximum absolute atomic E-state index is 12.3. The highest BCUT2D eigenvalue weighted by Crippen LogP contribution is 2.28. The number of amides is 2. The number of hydrogen-bond acceptors (Lipinski definition) is 4. The van der Waals surface area contributed by atoms with Crippen molar-refractivity contribution in [2.24, 2.45) is 5.73 Å². The van der Waals surface area contributed by atoms with E-state index in [1.165, 1.54) is 0 Å². The number of rotatable bonds is 5. The van der Waals surface area contributed by atoms with Gasteiger partial charge in [0, 0.05) is 42.0 Å². The fraction of sp³-hybridized carbons (Fsp3) is 0.435. The highest BCUT2D eigenvalue weighted by molar-refractivity contribution is 5.93. The molecule has 2 aliphatic heterocycles. The van der Waals surface area contributed by atoms with Crippen molar-refractivity contribution in [2.75, 3.05) is 32.7 Å². The summed E-state index contributed by atoms with van der Waals surface area (Å²) in [5, 5.41) is 0. The van der Waals surface area contributed by atoms with Gasteiger partial charge in [0.1, 0.15) is 0 Å². The summed E-state index contributed by atoms with van der Waals surface area (Å²) in [6, 6.07) is 11.5. The highest BCUT2D eigenvalue weighted by Gasteiger charge is 2.25. The SMILES string of the molecule is NC(=O)c1ccc(-c2ccc(C3CCN(CC(=O)N4CCCC4)CC3)nc2)cc1. The molecule has 2 aliphatic rings. The summed E-state index contributed by atoms with van der Waals surface area (Å²) in [6.07, 6.45) is 6.26. The molecule has 1 aromatic carbocycles. The first-order chi connectivity index (χ1) is 14.1. The molecule has 152 valence electrons. The topological polar surface area (TPSA) is 79.5 Å². The summed E-state index contributed by atoms with van der Waals surface area (Å²) >= 11 is 0. The van der Waals surface area contributed by atoms with E-state index in [2.05, 4.69) is 17.0 Å². The lowest BCUT2D eigenvalue weighted by Gasteiger charge is -2.32. The molecular weight excluding hydrogens is 364 g/mol. The van der Waals surface area contributed by atoms with Crippen LogP contribution in [-0.4, -0.2) is 59.3 Å². The first-order valence-electron chi connectivity index (χ1n) is 10.5. The molecule has 0 bridgehead atoms. The van der Waals surface area contributed by atoms with Crippen LogP contribution >= 0.6 is 0 Å². The van der Waals surface area contributed by atoms with E-state index in [0.29, 0.717) is 18.0 Å². The van der Waals surface area contributed by atoms with Crippen LogP contribution in [0.4, 0.5) is 0 Å². The zero-order valence-corrected chi connectivity index (χ0v) is 16.7. The highest BCUT2D eigenvalue weighted by atomic mass is 16.2. The summed E-state index contributed by atoms with van der Waals surface area (Å²) < 4.78 is 0. The molecule has 0 aliphatic carbocycles. The fourth-order valence-corrected chi connectivity index (χ4v) is 4.29. The Hall–Kier alpha value is -2.73. The summed E-state index contributed by atoms with van der Waals surface area (Å²) in [4.78, 5) is 32.5. The van der Waals surface area contributed by atoms with Crippen LogP contribution in [0.3, 0.4) is 0 Å². The number of aromatic nitrogens is 1. The smallest absolute Gasteiger partial charge is 0.248 e. The van der Waals surface area contributed by atoms with Crippen LogP contribution in [0.15, 0.2) is 42.6 Å². The third-order valence-corrected chi connectivity index (χ3v) is 6.11. The van der Waals surface area contributed by atoms with Gasteiger partial charge in [0.2, 0.25) is 11.8 Å². The lowest BCUT2D eigenvalue weighted by atomic mass is 9.92. The molecule has 29 heavy (non-hydrogen) atoms. The quantitative estimate of drug-likeness (QED) is 0.848. The van der Waals surface area contributed by atoms with Crippen molar-refractivity contribution >= 4 is 11.8 Å². The van der Waals surface area contributed by atoms with Crippen LogP contribution in [0.1, 0.15) is 47.7 Å². The van der Waals surface area contributed by atoms with Gasteiger partial charge in [-0.1, -0.05) is 18.2 Å². The van der Waals surface area contributed by atoms with E-state index in [1.54, 1.807) is 12.1 Å². The largest absolute Gasteiger partial charge is 0.366 e. The van der Waals surface area contributed by atoms with Crippen LogP contribution in [0.5, 0.6) is 0 Å². The Morgan fingerprint density at radius 2 is 1.59 bits per heavy atom. The van der Waals surface area contributed by atoms with E-state index in [4.69, 9.17) is 10.7 Å². The van der Waals surface area contributed by atoms with Crippen LogP contribution in [0.25, 0.3) is 11.1 Å². The number of carbonyl (C=O) groups is 2. The van der Waals surface area contributed by atoms with Gasteiger partial charge in [-0.05, 0) is 62.5 Å². The lowest BCUT2D eigenvalue weighted by Crippen LogP contribution is -2.42. The predicted octanol–water partition coefficient (Wildman–Crippen LogP) is 2.65. The van der Waals surface area contributed by atoms with Gasteiger partial charge in [-0.25, -0.2) is 0 Å². The number of hydrogen-bond donors (Lipinski definition) is 1. The number of benzene rings is 1. The molecule has 6 nitrogen and oxygen atoms in total. The summed E-state index contributed by atoms with van der Waals surface area (Å²) in [5.74, 6) is 0.309. The van der Waals surface area contributed by atoms with Gasteiger partial charge in [-0.15, -0.1) is 0 Å². The number of nitrogens with two attached hydrogens (primary N) is 1. The molecule has 3 heterocycles. The molecule has 6 heteroatoms. The van der Waals surface area contributed by atoms with Gasteiger partial charge in [0.05, 0.1) is 6.54 Å². The van der Waals surface area contributed by atoms with E-state index in [0.717, 1.165) is 68.7 Å². The van der Waals surface area contributed by atoms with E-state index in [1.807, 2.05) is 23.2 Å². The van der Waals surface area contributed by atoms with E-state index in [-0.39, 0.29) is 5.91 Å². The van der Waals surface area contributed by atoms with Crippen molar-refractivity contribution in [3.05, 3.63) is 53.9 Å². The molecule has 2 aromatic rings. The third kappa shape index (κ3) is 4.65. The molecular formula is C23H28N4O2. The van der Waals surface area contributed by atoms with Gasteiger partial charge in [0.15, 0.2) is 0 Å². The predicted molar refractivity (Wildman–Crippen MR) is 112 cm³/mol. The van der Waals surface area contributed by atoms with Crippen molar-refractivity contribution < 1.29 is 9.59 Å². The Bertz CT molecular complexity index is 849. The van der Waals surface area contributed by atoms with Crippen molar-refractivity contribution in [3.8, 4) is 11.1 Å². The zero-order valence-electron chi connectivity index (χ0n) is 16.7. The maximum Gasteiger partial charge on any atom is 0.248 e. The number of carbonyl (C=O) groups excluding carboxylic acids is 2. The Kier molecular flexibility index (Phi) is 5.90. The Balaban J connectivity index is 1.32. The van der Waals surface area contributed by atoms with E-state index >= 15 is 0 Å². The second kappa shape index (κ2) is 8.74. The van der Waals surface area contributed by atoms with Gasteiger partial charge in [-0.3, -0.25) is 19.5 Å². The average molecular weight is 393 g/mol. The van der Waals surface area contributed by atoms with Crippen LogP contribution in [0, 0.1) is 0 Å². The minimum atomic E-state index is -0.418. The number of likely N-dealkylation sites (tertiary alicyclic amines) is 2. The molecule has 1 aromatic heterocycles. The molecule has 2 fully saturated rings. The summed E-state index contributed by atoms with van der Waals surface area (Å²) in [6.45, 7) is 4.30. The lowest BCUT2D eigenvalue weighted by molar-refractivity contribution is -0.131. The molecule has 0 radical (unpaired) electrons. The molecule has 0 atom stereocenters. The normalized spacial score (nSPS) is 18.1. The first-order valence-corrected chi connectivity index (χ1v) is 10.5. The average Bonchev–Trinajstić information content (AvgIpc) is 3.30. The zero-order chi connectivity index (χ0) is 20.2. The van der Waals surface area contributed by atoms with E-state index < -0.39 is 5.91 Å². The van der Waals surface area contributed by atoms with E-state index in [9.17, 15) is 9.59 Å². The van der Waals surface area contributed by atoms with Gasteiger partial charge in [0.25, 0.3) is 0 Å². The van der Waals surface area contributed by atoms with Gasteiger partial charge in [-0.2, -0.15) is 0 Å². The monoisotopic (exact) mass is 392 g/mol. The minimum Gasteiger partial charge on any atom is -0.366 e. The second-order valence-corrected chi connectivity index (χ2v) is 8.05. The number of piperidine rings is 1. The molecule has 0 spiro atoms. The maximum atomic E-state index is 12.3.